The lowest BCUT2D eigenvalue weighted by Crippen LogP contribution is -2.50. The first-order valence-electron chi connectivity index (χ1n) is 12.8. The number of hydrogen-bond acceptors (Lipinski definition) is 8. The average Bonchev–Trinajstić information content (AvgIpc) is 3.63. The molecule has 1 fully saturated rings. The number of Topliss-reactive ketones (excluding diaryl/α,β-unsaturated/α-hetero) is 1. The normalized spacial score (nSPS) is 18.8. The summed E-state index contributed by atoms with van der Waals surface area (Å²) in [5.41, 5.74) is 2.28. The predicted molar refractivity (Wildman–Crippen MR) is 136 cm³/mol. The molecule has 2 aliphatic rings. The van der Waals surface area contributed by atoms with Crippen LogP contribution in [0.15, 0.2) is 30.6 Å². The van der Waals surface area contributed by atoms with Gasteiger partial charge < -0.3 is 9.80 Å². The molecule has 4 aromatic rings. The van der Waals surface area contributed by atoms with Crippen LogP contribution in [-0.4, -0.2) is 87.2 Å². The van der Waals surface area contributed by atoms with Gasteiger partial charge in [0.2, 0.25) is 11.8 Å². The smallest absolute Gasteiger partial charge is 0.309 e. The van der Waals surface area contributed by atoms with E-state index in [0.29, 0.717) is 22.6 Å². The summed E-state index contributed by atoms with van der Waals surface area (Å²) in [6, 6.07) is 4.36. The number of benzene rings is 1. The minimum Gasteiger partial charge on any atom is -0.332 e. The van der Waals surface area contributed by atoms with Crippen LogP contribution in [0.2, 0.25) is 0 Å². The second-order valence-corrected chi connectivity index (χ2v) is 10.0. The number of hydrogen-bond donors (Lipinski definition) is 0. The first kappa shape index (κ1) is 25.6. The van der Waals surface area contributed by atoms with E-state index in [1.54, 1.807) is 31.5 Å². The molecule has 14 heteroatoms. The molecule has 5 heterocycles. The molecule has 6 rings (SSSR count). The SMILES string of the molecule is CC(=O)c1nn(CC(=O)N2C[C@H](F)C[C@H]2C(=O)N2CCn3c(F)nnc3C2)c2ccc(-c3cnc(C)nc3)cc12. The maximum Gasteiger partial charge on any atom is 0.309 e. The second-order valence-electron chi connectivity index (χ2n) is 10.0. The molecule has 0 N–H and O–H groups in total. The molecule has 2 amide bonds. The summed E-state index contributed by atoms with van der Waals surface area (Å²) in [6.07, 6.45) is 1.14. The Bertz CT molecular complexity index is 1650. The highest BCUT2D eigenvalue weighted by molar-refractivity contribution is 6.06. The van der Waals surface area contributed by atoms with E-state index in [4.69, 9.17) is 0 Å². The number of aryl methyl sites for hydroxylation is 1. The van der Waals surface area contributed by atoms with Gasteiger partial charge in [-0.2, -0.15) is 9.49 Å². The maximum absolute atomic E-state index is 14.6. The third kappa shape index (κ3) is 4.48. The summed E-state index contributed by atoms with van der Waals surface area (Å²) < 4.78 is 31.0. The molecule has 0 aliphatic carbocycles. The Morgan fingerprint density at radius 1 is 1.07 bits per heavy atom. The number of aromatic nitrogens is 7. The van der Waals surface area contributed by atoms with Crippen LogP contribution >= 0.6 is 0 Å². The van der Waals surface area contributed by atoms with Crippen molar-refractivity contribution in [1.29, 1.82) is 0 Å². The highest BCUT2D eigenvalue weighted by atomic mass is 19.1. The first-order valence-corrected chi connectivity index (χ1v) is 12.8. The number of rotatable bonds is 5. The molecule has 0 saturated carbocycles. The zero-order valence-electron chi connectivity index (χ0n) is 21.8. The molecule has 0 spiro atoms. The molecule has 0 radical (unpaired) electrons. The van der Waals surface area contributed by atoms with Gasteiger partial charge in [0.15, 0.2) is 11.6 Å². The highest BCUT2D eigenvalue weighted by Gasteiger charge is 2.42. The van der Waals surface area contributed by atoms with Crippen LogP contribution < -0.4 is 0 Å². The summed E-state index contributed by atoms with van der Waals surface area (Å²) in [5, 5.41) is 12.1. The number of nitrogens with zero attached hydrogens (tertiary/aromatic N) is 9. The molecule has 206 valence electrons. The summed E-state index contributed by atoms with van der Waals surface area (Å²) in [7, 11) is 0. The van der Waals surface area contributed by atoms with E-state index in [-0.39, 0.29) is 50.6 Å². The molecule has 2 atom stereocenters. The summed E-state index contributed by atoms with van der Waals surface area (Å²) in [4.78, 5) is 50.4. The van der Waals surface area contributed by atoms with Gasteiger partial charge in [-0.1, -0.05) is 11.2 Å². The minimum atomic E-state index is -1.37. The Kier molecular flexibility index (Phi) is 6.31. The number of fused-ring (bicyclic) bond motifs is 2. The van der Waals surface area contributed by atoms with Crippen LogP contribution in [0.3, 0.4) is 0 Å². The molecule has 40 heavy (non-hydrogen) atoms. The van der Waals surface area contributed by atoms with Gasteiger partial charge in [-0.15, -0.1) is 5.10 Å². The van der Waals surface area contributed by atoms with E-state index in [1.165, 1.54) is 26.0 Å². The number of carbonyl (C=O) groups is 3. The largest absolute Gasteiger partial charge is 0.332 e. The van der Waals surface area contributed by atoms with Crippen molar-refractivity contribution in [2.75, 3.05) is 13.1 Å². The van der Waals surface area contributed by atoms with E-state index < -0.39 is 30.1 Å². The molecular formula is C26H25F2N9O3. The number of alkyl halides is 1. The van der Waals surface area contributed by atoms with E-state index in [1.807, 2.05) is 6.07 Å². The first-order chi connectivity index (χ1) is 19.2. The van der Waals surface area contributed by atoms with Gasteiger partial charge in [-0.05, 0) is 24.6 Å². The summed E-state index contributed by atoms with van der Waals surface area (Å²) >= 11 is 0. The van der Waals surface area contributed by atoms with Crippen LogP contribution in [0.25, 0.3) is 22.0 Å². The fourth-order valence-electron chi connectivity index (χ4n) is 5.32. The van der Waals surface area contributed by atoms with Gasteiger partial charge in [-0.25, -0.2) is 14.4 Å². The van der Waals surface area contributed by atoms with Crippen LogP contribution in [0.4, 0.5) is 8.78 Å². The van der Waals surface area contributed by atoms with Crippen molar-refractivity contribution in [1.82, 2.24) is 44.3 Å². The van der Waals surface area contributed by atoms with Gasteiger partial charge >= 0.3 is 6.08 Å². The Labute approximate surface area is 226 Å². The lowest BCUT2D eigenvalue weighted by molar-refractivity contribution is -0.145. The number of ketones is 1. The molecule has 1 aromatic carbocycles. The number of halogens is 2. The molecule has 3 aromatic heterocycles. The average molecular weight is 550 g/mol. The molecule has 1 saturated heterocycles. The zero-order valence-corrected chi connectivity index (χ0v) is 21.8. The van der Waals surface area contributed by atoms with Crippen molar-refractivity contribution < 1.29 is 23.2 Å². The monoisotopic (exact) mass is 549 g/mol. The molecular weight excluding hydrogens is 524 g/mol. The summed E-state index contributed by atoms with van der Waals surface area (Å²) in [6.45, 7) is 3.04. The third-order valence-electron chi connectivity index (χ3n) is 7.36. The van der Waals surface area contributed by atoms with Gasteiger partial charge in [0, 0.05) is 49.8 Å². The molecule has 0 unspecified atom stereocenters. The predicted octanol–water partition coefficient (Wildman–Crippen LogP) is 1.72. The van der Waals surface area contributed by atoms with Crippen LogP contribution in [-0.2, 0) is 29.2 Å². The van der Waals surface area contributed by atoms with E-state index in [9.17, 15) is 23.2 Å². The fourth-order valence-corrected chi connectivity index (χ4v) is 5.32. The van der Waals surface area contributed by atoms with Gasteiger partial charge in [0.05, 0.1) is 18.6 Å². The maximum atomic E-state index is 14.6. The number of carbonyl (C=O) groups excluding carboxylic acids is 3. The molecule has 2 aliphatic heterocycles. The van der Waals surface area contributed by atoms with E-state index in [2.05, 4.69) is 25.3 Å². The van der Waals surface area contributed by atoms with Crippen molar-refractivity contribution >= 4 is 28.5 Å². The Morgan fingerprint density at radius 2 is 1.85 bits per heavy atom. The van der Waals surface area contributed by atoms with Crippen molar-refractivity contribution in [3.8, 4) is 11.1 Å². The standard InChI is InChI=1S/C26H25F2N9O3/c1-14(38)24-19-7-16(17-9-29-15(2)30-10-17)3-4-20(19)37(33-24)13-23(39)36-11-18(27)8-21(36)25(40)34-5-6-35-22(12-34)31-32-26(35)28/h3-4,7,9-10,18,21H,5-6,8,11-13H2,1-2H3/t18-,21+/m1/s1. The van der Waals surface area contributed by atoms with Crippen LogP contribution in [0.5, 0.6) is 0 Å². The van der Waals surface area contributed by atoms with Crippen molar-refractivity contribution in [3.05, 3.63) is 54.0 Å². The van der Waals surface area contributed by atoms with Crippen molar-refractivity contribution in [3.63, 3.8) is 0 Å². The zero-order chi connectivity index (χ0) is 28.1. The molecule has 0 bridgehead atoms. The highest BCUT2D eigenvalue weighted by Crippen LogP contribution is 2.28. The Morgan fingerprint density at radius 3 is 2.60 bits per heavy atom. The minimum absolute atomic E-state index is 0.0192. The van der Waals surface area contributed by atoms with Crippen LogP contribution in [0, 0.1) is 13.0 Å². The Hall–Kier alpha value is -4.62. The second kappa shape index (κ2) is 9.84. The van der Waals surface area contributed by atoms with E-state index >= 15 is 0 Å². The fraction of sp³-hybridized carbons (Fsp3) is 0.385. The van der Waals surface area contributed by atoms with Gasteiger partial charge in [-0.3, -0.25) is 23.6 Å². The summed E-state index contributed by atoms with van der Waals surface area (Å²) in [5.74, 6) is -0.280. The van der Waals surface area contributed by atoms with Gasteiger partial charge in [0.25, 0.3) is 0 Å². The number of amides is 2. The number of likely N-dealkylation sites (tertiary alicyclic amines) is 1. The van der Waals surface area contributed by atoms with Crippen molar-refractivity contribution in [2.45, 2.75) is 52.1 Å². The van der Waals surface area contributed by atoms with Crippen molar-refractivity contribution in [2.24, 2.45) is 0 Å². The topological polar surface area (TPSA) is 132 Å². The molecule has 12 nitrogen and oxygen atoms in total. The van der Waals surface area contributed by atoms with E-state index in [0.717, 1.165) is 11.1 Å². The Balaban J connectivity index is 1.25. The van der Waals surface area contributed by atoms with Crippen LogP contribution in [0.1, 0.15) is 35.5 Å². The third-order valence-corrected chi connectivity index (χ3v) is 7.36. The quantitative estimate of drug-likeness (QED) is 0.344. The lowest BCUT2D eigenvalue weighted by Gasteiger charge is -2.32. The van der Waals surface area contributed by atoms with Gasteiger partial charge in [0.1, 0.15) is 30.3 Å². The lowest BCUT2D eigenvalue weighted by atomic mass is 10.0.